The molecule has 0 unspecified atom stereocenters. The summed E-state index contributed by atoms with van der Waals surface area (Å²) >= 11 is 0. The van der Waals surface area contributed by atoms with Gasteiger partial charge in [0, 0.05) is 18.7 Å². The Kier molecular flexibility index (Phi) is 4.80. The Morgan fingerprint density at radius 2 is 2.21 bits per heavy atom. The lowest BCUT2D eigenvalue weighted by atomic mass is 10.1. The molecule has 0 bridgehead atoms. The van der Waals surface area contributed by atoms with E-state index in [1.807, 2.05) is 26.1 Å². The maximum atomic E-state index is 11.6. The molecule has 4 heteroatoms. The fourth-order valence-corrected chi connectivity index (χ4v) is 1.95. The predicted molar refractivity (Wildman–Crippen MR) is 75.2 cm³/mol. The van der Waals surface area contributed by atoms with E-state index in [4.69, 9.17) is 4.74 Å². The molecule has 0 aliphatic heterocycles. The normalized spacial score (nSPS) is 14.2. The smallest absolute Gasteiger partial charge is 0.257 e. The van der Waals surface area contributed by atoms with Crippen LogP contribution in [0.3, 0.4) is 0 Å². The number of hydrogen-bond donors (Lipinski definition) is 2. The minimum atomic E-state index is -0.0390. The fraction of sp³-hybridized carbons (Fsp3) is 0.533. The van der Waals surface area contributed by atoms with Crippen molar-refractivity contribution in [2.24, 2.45) is 5.92 Å². The van der Waals surface area contributed by atoms with Gasteiger partial charge in [0.25, 0.3) is 5.91 Å². The van der Waals surface area contributed by atoms with Crippen molar-refractivity contribution >= 4 is 5.91 Å². The zero-order valence-electron chi connectivity index (χ0n) is 11.7. The predicted octanol–water partition coefficient (Wildman–Crippen LogP) is 1.62. The van der Waals surface area contributed by atoms with Crippen LogP contribution in [-0.4, -0.2) is 26.1 Å². The lowest BCUT2D eigenvalue weighted by Crippen LogP contribution is -2.30. The molecule has 0 atom stereocenters. The number of aryl methyl sites for hydroxylation is 1. The van der Waals surface area contributed by atoms with E-state index in [1.165, 1.54) is 18.4 Å². The van der Waals surface area contributed by atoms with Crippen molar-refractivity contribution in [2.75, 3.05) is 20.2 Å². The first kappa shape index (κ1) is 13.9. The minimum Gasteiger partial charge on any atom is -0.483 e. The molecule has 0 radical (unpaired) electrons. The highest BCUT2D eigenvalue weighted by atomic mass is 16.5. The molecule has 0 heterocycles. The van der Waals surface area contributed by atoms with E-state index in [9.17, 15) is 4.79 Å². The molecule has 2 N–H and O–H groups in total. The second-order valence-corrected chi connectivity index (χ2v) is 5.18. The summed E-state index contributed by atoms with van der Waals surface area (Å²) in [5, 5.41) is 6.01. The Bertz CT molecular complexity index is 442. The molecule has 0 saturated heterocycles. The number of nitrogens with one attached hydrogen (secondary N) is 2. The Morgan fingerprint density at radius 3 is 2.89 bits per heavy atom. The monoisotopic (exact) mass is 262 g/mol. The van der Waals surface area contributed by atoms with Crippen LogP contribution in [0.5, 0.6) is 5.75 Å². The van der Waals surface area contributed by atoms with Gasteiger partial charge in [-0.3, -0.25) is 4.79 Å². The molecular weight excluding hydrogens is 240 g/mol. The molecule has 104 valence electrons. The standard InChI is InChI=1S/C15H22N2O2/c1-11-3-6-14(13(7-11)9-16-2)19-10-15(18)17-8-12-4-5-12/h3,6-7,12,16H,4-5,8-10H2,1-2H3,(H,17,18). The van der Waals surface area contributed by atoms with Gasteiger partial charge in [-0.05, 0) is 38.8 Å². The van der Waals surface area contributed by atoms with Gasteiger partial charge < -0.3 is 15.4 Å². The van der Waals surface area contributed by atoms with Crippen LogP contribution < -0.4 is 15.4 Å². The molecule has 4 nitrogen and oxygen atoms in total. The summed E-state index contributed by atoms with van der Waals surface area (Å²) in [5.74, 6) is 1.44. The Balaban J connectivity index is 1.84. The lowest BCUT2D eigenvalue weighted by Gasteiger charge is -2.12. The number of rotatable bonds is 7. The third kappa shape index (κ3) is 4.56. The zero-order chi connectivity index (χ0) is 13.7. The van der Waals surface area contributed by atoms with Crippen molar-refractivity contribution in [3.8, 4) is 5.75 Å². The second kappa shape index (κ2) is 6.57. The Labute approximate surface area is 114 Å². The van der Waals surface area contributed by atoms with Crippen molar-refractivity contribution in [1.82, 2.24) is 10.6 Å². The van der Waals surface area contributed by atoms with E-state index in [-0.39, 0.29) is 12.5 Å². The van der Waals surface area contributed by atoms with Gasteiger partial charge >= 0.3 is 0 Å². The van der Waals surface area contributed by atoms with Gasteiger partial charge in [0.15, 0.2) is 6.61 Å². The van der Waals surface area contributed by atoms with E-state index in [2.05, 4.69) is 16.7 Å². The van der Waals surface area contributed by atoms with Crippen LogP contribution in [0.2, 0.25) is 0 Å². The van der Waals surface area contributed by atoms with Crippen molar-refractivity contribution in [3.05, 3.63) is 29.3 Å². The molecule has 1 aromatic rings. The number of carbonyl (C=O) groups excluding carboxylic acids is 1. The van der Waals surface area contributed by atoms with Crippen LogP contribution in [0.4, 0.5) is 0 Å². The Morgan fingerprint density at radius 1 is 1.42 bits per heavy atom. The SMILES string of the molecule is CNCc1cc(C)ccc1OCC(=O)NCC1CC1. The third-order valence-corrected chi connectivity index (χ3v) is 3.23. The maximum absolute atomic E-state index is 11.6. The van der Waals surface area contributed by atoms with Crippen LogP contribution >= 0.6 is 0 Å². The number of hydrogen-bond acceptors (Lipinski definition) is 3. The summed E-state index contributed by atoms with van der Waals surface area (Å²) in [6.07, 6.45) is 2.48. The van der Waals surface area contributed by atoms with Gasteiger partial charge in [-0.1, -0.05) is 17.7 Å². The van der Waals surface area contributed by atoms with Gasteiger partial charge in [-0.15, -0.1) is 0 Å². The molecule has 1 saturated carbocycles. The highest BCUT2D eigenvalue weighted by Gasteiger charge is 2.21. The second-order valence-electron chi connectivity index (χ2n) is 5.18. The molecule has 1 aliphatic carbocycles. The van der Waals surface area contributed by atoms with Gasteiger partial charge in [0.05, 0.1) is 0 Å². The van der Waals surface area contributed by atoms with Crippen molar-refractivity contribution in [2.45, 2.75) is 26.3 Å². The van der Waals surface area contributed by atoms with Gasteiger partial charge in [-0.2, -0.15) is 0 Å². The van der Waals surface area contributed by atoms with Crippen LogP contribution in [0.15, 0.2) is 18.2 Å². The molecule has 1 aromatic carbocycles. The number of ether oxygens (including phenoxy) is 1. The summed E-state index contributed by atoms with van der Waals surface area (Å²) in [7, 11) is 1.90. The quantitative estimate of drug-likeness (QED) is 0.785. The first-order valence-electron chi connectivity index (χ1n) is 6.82. The van der Waals surface area contributed by atoms with Crippen LogP contribution in [0.25, 0.3) is 0 Å². The minimum absolute atomic E-state index is 0.0390. The highest BCUT2D eigenvalue weighted by molar-refractivity contribution is 5.77. The van der Waals surface area contributed by atoms with E-state index in [0.29, 0.717) is 5.92 Å². The van der Waals surface area contributed by atoms with Crippen LogP contribution in [0.1, 0.15) is 24.0 Å². The molecular formula is C15H22N2O2. The largest absolute Gasteiger partial charge is 0.483 e. The average Bonchev–Trinajstić information content (AvgIpc) is 3.20. The molecule has 0 spiro atoms. The molecule has 19 heavy (non-hydrogen) atoms. The third-order valence-electron chi connectivity index (χ3n) is 3.23. The van der Waals surface area contributed by atoms with Crippen molar-refractivity contribution in [1.29, 1.82) is 0 Å². The van der Waals surface area contributed by atoms with Crippen LogP contribution in [0, 0.1) is 12.8 Å². The van der Waals surface area contributed by atoms with E-state index < -0.39 is 0 Å². The number of amides is 1. The maximum Gasteiger partial charge on any atom is 0.257 e. The zero-order valence-corrected chi connectivity index (χ0v) is 11.7. The van der Waals surface area contributed by atoms with Crippen molar-refractivity contribution < 1.29 is 9.53 Å². The summed E-state index contributed by atoms with van der Waals surface area (Å²) < 4.78 is 5.61. The molecule has 2 rings (SSSR count). The Hall–Kier alpha value is -1.55. The highest BCUT2D eigenvalue weighted by Crippen LogP contribution is 2.27. The van der Waals surface area contributed by atoms with Crippen molar-refractivity contribution in [3.63, 3.8) is 0 Å². The summed E-state index contributed by atoms with van der Waals surface area (Å²) in [6, 6.07) is 6.00. The first-order chi connectivity index (χ1) is 9.19. The average molecular weight is 262 g/mol. The molecule has 1 aliphatic rings. The van der Waals surface area contributed by atoms with Gasteiger partial charge in [0.2, 0.25) is 0 Å². The fourth-order valence-electron chi connectivity index (χ4n) is 1.95. The summed E-state index contributed by atoms with van der Waals surface area (Å²) in [5.41, 5.74) is 2.27. The number of benzene rings is 1. The lowest BCUT2D eigenvalue weighted by molar-refractivity contribution is -0.123. The van der Waals surface area contributed by atoms with Gasteiger partial charge in [0.1, 0.15) is 5.75 Å². The summed E-state index contributed by atoms with van der Waals surface area (Å²) in [6.45, 7) is 3.66. The topological polar surface area (TPSA) is 50.4 Å². The van der Waals surface area contributed by atoms with Gasteiger partial charge in [-0.25, -0.2) is 0 Å². The molecule has 1 amide bonds. The van der Waals surface area contributed by atoms with E-state index in [0.717, 1.165) is 24.4 Å². The molecule has 1 fully saturated rings. The molecule has 0 aromatic heterocycles. The number of carbonyl (C=O) groups is 1. The summed E-state index contributed by atoms with van der Waals surface area (Å²) in [4.78, 5) is 11.6. The first-order valence-corrected chi connectivity index (χ1v) is 6.82. The van der Waals surface area contributed by atoms with E-state index >= 15 is 0 Å². The van der Waals surface area contributed by atoms with Crippen LogP contribution in [-0.2, 0) is 11.3 Å². The van der Waals surface area contributed by atoms with E-state index in [1.54, 1.807) is 0 Å².